The Morgan fingerprint density at radius 1 is 1.30 bits per heavy atom. The zero-order valence-corrected chi connectivity index (χ0v) is 18.9. The molecule has 0 aliphatic rings. The number of benzene rings is 2. The third kappa shape index (κ3) is 4.74. The van der Waals surface area contributed by atoms with E-state index >= 15 is 0 Å². The molecule has 0 spiro atoms. The molecule has 0 atom stereocenters. The lowest BCUT2D eigenvalue weighted by molar-refractivity contribution is -0.116. The Morgan fingerprint density at radius 2 is 2.03 bits per heavy atom. The average molecular weight is 516 g/mol. The van der Waals surface area contributed by atoms with Crippen molar-refractivity contribution in [2.45, 2.75) is 0 Å². The van der Waals surface area contributed by atoms with E-state index in [4.69, 9.17) is 16.3 Å². The molecule has 0 unspecified atom stereocenters. The van der Waals surface area contributed by atoms with E-state index in [2.05, 4.69) is 31.1 Å². The number of ether oxygens (including phenoxy) is 1. The van der Waals surface area contributed by atoms with Crippen LogP contribution in [0.25, 0.3) is 10.9 Å². The maximum Gasteiger partial charge on any atom is 0.285 e. The van der Waals surface area contributed by atoms with Crippen LogP contribution in [-0.4, -0.2) is 44.3 Å². The number of azo groups is 1. The fraction of sp³-hybridized carbons (Fsp3) is 0.167. The summed E-state index contributed by atoms with van der Waals surface area (Å²) in [5, 5.41) is 18.2. The van der Waals surface area contributed by atoms with Gasteiger partial charge in [0.2, 0.25) is 15.9 Å². The molecule has 0 bridgehead atoms. The first-order valence-electron chi connectivity index (χ1n) is 8.36. The maximum atomic E-state index is 12.4. The van der Waals surface area contributed by atoms with Crippen LogP contribution in [0, 0.1) is 0 Å². The molecule has 0 saturated heterocycles. The fourth-order valence-corrected chi connectivity index (χ4v) is 4.16. The zero-order valence-electron chi connectivity index (χ0n) is 15.8. The van der Waals surface area contributed by atoms with Crippen LogP contribution in [0.5, 0.6) is 11.6 Å². The van der Waals surface area contributed by atoms with Crippen molar-refractivity contribution in [2.75, 3.05) is 24.2 Å². The number of nitrogens with one attached hydrogen (secondary N) is 1. The smallest absolute Gasteiger partial charge is 0.285 e. The van der Waals surface area contributed by atoms with Crippen molar-refractivity contribution in [1.82, 2.24) is 4.98 Å². The number of sulfonamides is 1. The highest BCUT2D eigenvalue weighted by molar-refractivity contribution is 9.10. The predicted molar refractivity (Wildman–Crippen MR) is 117 cm³/mol. The Bertz CT molecular complexity index is 1260. The molecule has 2 aromatic carbocycles. The number of carbonyl (C=O) groups excluding carboxylic acids is 1. The minimum atomic E-state index is -3.82. The zero-order chi connectivity index (χ0) is 22.1. The molecule has 1 amide bonds. The van der Waals surface area contributed by atoms with Gasteiger partial charge in [-0.15, -0.1) is 10.2 Å². The van der Waals surface area contributed by atoms with E-state index in [-0.39, 0.29) is 22.3 Å². The number of fused-ring (bicyclic) bond motifs is 1. The number of aromatic amines is 1. The van der Waals surface area contributed by atoms with E-state index in [0.717, 1.165) is 15.0 Å². The van der Waals surface area contributed by atoms with Crippen molar-refractivity contribution in [3.63, 3.8) is 0 Å². The number of anilines is 1. The van der Waals surface area contributed by atoms with E-state index in [1.807, 2.05) is 0 Å². The van der Waals surface area contributed by atoms with Crippen molar-refractivity contribution in [2.24, 2.45) is 10.2 Å². The summed E-state index contributed by atoms with van der Waals surface area (Å²) in [4.78, 5) is 15.1. The minimum Gasteiger partial charge on any atom is -0.495 e. The molecule has 12 heteroatoms. The lowest BCUT2D eigenvalue weighted by Gasteiger charge is -2.21. The van der Waals surface area contributed by atoms with Gasteiger partial charge < -0.3 is 14.8 Å². The summed E-state index contributed by atoms with van der Waals surface area (Å²) < 4.78 is 31.1. The Labute approximate surface area is 185 Å². The molecule has 9 nitrogen and oxygen atoms in total. The van der Waals surface area contributed by atoms with Gasteiger partial charge in [0.1, 0.15) is 12.3 Å². The van der Waals surface area contributed by atoms with Crippen LogP contribution < -0.4 is 9.04 Å². The van der Waals surface area contributed by atoms with E-state index in [9.17, 15) is 18.3 Å². The predicted octanol–water partition coefficient (Wildman–Crippen LogP) is 4.37. The molecule has 3 aromatic rings. The second-order valence-corrected chi connectivity index (χ2v) is 9.42. The van der Waals surface area contributed by atoms with Gasteiger partial charge in [0, 0.05) is 9.86 Å². The van der Waals surface area contributed by atoms with Crippen LogP contribution in [0.4, 0.5) is 11.4 Å². The minimum absolute atomic E-state index is 0.0676. The monoisotopic (exact) mass is 514 g/mol. The van der Waals surface area contributed by atoms with E-state index in [1.165, 1.54) is 25.3 Å². The SMILES string of the molecule is COc1ccc(N(CC(=O)N=Nc2c(O)[nH]c3ccc(Br)cc23)S(C)(=O)=O)cc1Cl. The molecule has 1 heterocycles. The Hall–Kier alpha value is -2.63. The van der Waals surface area contributed by atoms with Crippen LogP contribution in [0.15, 0.2) is 51.1 Å². The first-order chi connectivity index (χ1) is 14.1. The first kappa shape index (κ1) is 22.1. The van der Waals surface area contributed by atoms with Crippen molar-refractivity contribution < 1.29 is 23.1 Å². The molecule has 0 aliphatic carbocycles. The van der Waals surface area contributed by atoms with Gasteiger partial charge in [0.15, 0.2) is 5.69 Å². The van der Waals surface area contributed by atoms with Gasteiger partial charge in [-0.2, -0.15) is 0 Å². The van der Waals surface area contributed by atoms with Crippen molar-refractivity contribution >= 4 is 65.7 Å². The largest absolute Gasteiger partial charge is 0.495 e. The molecule has 30 heavy (non-hydrogen) atoms. The summed E-state index contributed by atoms with van der Waals surface area (Å²) in [5.74, 6) is -0.737. The van der Waals surface area contributed by atoms with Gasteiger partial charge in [-0.05, 0) is 36.4 Å². The highest BCUT2D eigenvalue weighted by Gasteiger charge is 2.22. The summed E-state index contributed by atoms with van der Waals surface area (Å²) in [7, 11) is -2.39. The number of nitrogens with zero attached hydrogens (tertiary/aromatic N) is 3. The van der Waals surface area contributed by atoms with Crippen LogP contribution in [0.1, 0.15) is 0 Å². The molecular weight excluding hydrogens is 500 g/mol. The summed E-state index contributed by atoms with van der Waals surface area (Å²) in [5.41, 5.74) is 0.839. The Balaban J connectivity index is 1.88. The van der Waals surface area contributed by atoms with E-state index in [1.54, 1.807) is 18.2 Å². The van der Waals surface area contributed by atoms with Gasteiger partial charge in [-0.1, -0.05) is 27.5 Å². The quantitative estimate of drug-likeness (QED) is 0.472. The molecule has 2 N–H and O–H groups in total. The molecule has 158 valence electrons. The van der Waals surface area contributed by atoms with Gasteiger partial charge >= 0.3 is 0 Å². The second kappa shape index (κ2) is 8.62. The number of hydrogen-bond acceptors (Lipinski definition) is 6. The second-order valence-electron chi connectivity index (χ2n) is 6.19. The summed E-state index contributed by atoms with van der Waals surface area (Å²) in [6, 6.07) is 9.51. The van der Waals surface area contributed by atoms with Crippen molar-refractivity contribution in [3.05, 3.63) is 45.9 Å². The lowest BCUT2D eigenvalue weighted by atomic mass is 10.2. The molecule has 1 aromatic heterocycles. The fourth-order valence-electron chi connectivity index (χ4n) is 2.71. The van der Waals surface area contributed by atoms with Crippen molar-refractivity contribution in [3.8, 4) is 11.6 Å². The van der Waals surface area contributed by atoms with Crippen LogP contribution >= 0.6 is 27.5 Å². The Kier molecular flexibility index (Phi) is 6.34. The summed E-state index contributed by atoms with van der Waals surface area (Å²) >= 11 is 9.39. The maximum absolute atomic E-state index is 12.4. The van der Waals surface area contributed by atoms with Crippen molar-refractivity contribution in [1.29, 1.82) is 0 Å². The van der Waals surface area contributed by atoms with E-state index in [0.29, 0.717) is 16.7 Å². The number of methoxy groups -OCH3 is 1. The van der Waals surface area contributed by atoms with Gasteiger partial charge in [-0.3, -0.25) is 9.10 Å². The Morgan fingerprint density at radius 3 is 2.67 bits per heavy atom. The standard InChI is InChI=1S/C18H16BrClN4O5S/c1-29-15-6-4-11(8-13(15)20)24(30(2,27)28)9-16(25)22-23-17-12-7-10(19)3-5-14(12)21-18(17)26/h3-8,21,26H,9H2,1-2H3. The van der Waals surface area contributed by atoms with Crippen LogP contribution in [0.2, 0.25) is 5.02 Å². The number of halogens is 2. The number of amides is 1. The first-order valence-corrected chi connectivity index (χ1v) is 11.4. The van der Waals surface area contributed by atoms with Gasteiger partial charge in [0.25, 0.3) is 5.91 Å². The third-order valence-corrected chi connectivity index (χ3v) is 6.01. The van der Waals surface area contributed by atoms with E-state index < -0.39 is 22.5 Å². The summed E-state index contributed by atoms with van der Waals surface area (Å²) in [6.07, 6.45) is 0.957. The highest BCUT2D eigenvalue weighted by atomic mass is 79.9. The number of hydrogen-bond donors (Lipinski definition) is 2. The lowest BCUT2D eigenvalue weighted by Crippen LogP contribution is -2.34. The van der Waals surface area contributed by atoms with Crippen LogP contribution in [0.3, 0.4) is 0 Å². The number of H-pyrrole nitrogens is 1. The third-order valence-electron chi connectivity index (χ3n) is 4.08. The average Bonchev–Trinajstić information content (AvgIpc) is 2.98. The number of aromatic nitrogens is 1. The normalized spacial score (nSPS) is 11.9. The number of carbonyl (C=O) groups is 1. The van der Waals surface area contributed by atoms with Crippen LogP contribution in [-0.2, 0) is 14.8 Å². The van der Waals surface area contributed by atoms with Gasteiger partial charge in [-0.25, -0.2) is 8.42 Å². The summed E-state index contributed by atoms with van der Waals surface area (Å²) in [6.45, 7) is -0.599. The topological polar surface area (TPSA) is 124 Å². The number of aromatic hydroxyl groups is 1. The van der Waals surface area contributed by atoms with Gasteiger partial charge in [0.05, 0.1) is 29.6 Å². The molecule has 3 rings (SSSR count). The molecule has 0 aliphatic heterocycles. The molecular formula is C18H16BrClN4O5S. The molecule has 0 radical (unpaired) electrons. The number of rotatable bonds is 6. The highest BCUT2D eigenvalue weighted by Crippen LogP contribution is 2.37. The molecule has 0 saturated carbocycles. The molecule has 0 fully saturated rings.